The molecule has 2 heterocycles. The summed E-state index contributed by atoms with van der Waals surface area (Å²) in [6.45, 7) is 3.21. The average Bonchev–Trinajstić information content (AvgIpc) is 3.14. The molecule has 0 bridgehead atoms. The third kappa shape index (κ3) is 4.89. The van der Waals surface area contributed by atoms with E-state index in [9.17, 15) is 9.59 Å². The molecule has 164 valence electrons. The van der Waals surface area contributed by atoms with Crippen LogP contribution in [0, 0.1) is 6.92 Å². The van der Waals surface area contributed by atoms with E-state index in [1.807, 2.05) is 62.5 Å². The number of nitrogens with one attached hydrogen (secondary N) is 2. The number of carbonyl (C=O) groups is 1. The molecule has 6 nitrogen and oxygen atoms in total. The van der Waals surface area contributed by atoms with Gasteiger partial charge in [0, 0.05) is 32.2 Å². The van der Waals surface area contributed by atoms with Crippen LogP contribution in [0.2, 0.25) is 0 Å². The fourth-order valence-electron chi connectivity index (χ4n) is 3.69. The number of nitrogens with zero attached hydrogens (tertiary/aromatic N) is 2. The van der Waals surface area contributed by atoms with Crippen molar-refractivity contribution >= 4 is 33.1 Å². The number of hydrogen-bond acceptors (Lipinski definition) is 5. The molecule has 0 spiro atoms. The Kier molecular flexibility index (Phi) is 6.66. The minimum atomic E-state index is -0.196. The molecule has 0 saturated carbocycles. The van der Waals surface area contributed by atoms with Crippen LogP contribution in [0.5, 0.6) is 0 Å². The van der Waals surface area contributed by atoms with Gasteiger partial charge in [0.25, 0.3) is 11.5 Å². The lowest BCUT2D eigenvalue weighted by Gasteiger charge is -2.19. The Morgan fingerprint density at radius 3 is 2.50 bits per heavy atom. The number of aryl methyl sites for hydroxylation is 1. The summed E-state index contributed by atoms with van der Waals surface area (Å²) in [6, 6.07) is 20.0. The average molecular weight is 447 g/mol. The number of H-pyrrole nitrogens is 1. The predicted octanol–water partition coefficient (Wildman–Crippen LogP) is 4.14. The van der Waals surface area contributed by atoms with Gasteiger partial charge in [-0.2, -0.15) is 0 Å². The molecule has 4 aromatic rings. The van der Waals surface area contributed by atoms with Gasteiger partial charge in [-0.25, -0.2) is 4.98 Å². The van der Waals surface area contributed by atoms with Gasteiger partial charge >= 0.3 is 0 Å². The highest BCUT2D eigenvalue weighted by molar-refractivity contribution is 7.20. The molecule has 1 amide bonds. The van der Waals surface area contributed by atoms with Crippen LogP contribution >= 0.6 is 11.3 Å². The first-order chi connectivity index (χ1) is 15.5. The second-order valence-electron chi connectivity index (χ2n) is 7.78. The molecule has 0 radical (unpaired) electrons. The first kappa shape index (κ1) is 21.8. The summed E-state index contributed by atoms with van der Waals surface area (Å²) in [7, 11) is 2.04. The van der Waals surface area contributed by atoms with Crippen molar-refractivity contribution in [2.24, 2.45) is 0 Å². The molecule has 0 aliphatic carbocycles. The fraction of sp³-hybridized carbons (Fsp3) is 0.240. The quantitative estimate of drug-likeness (QED) is 0.399. The molecular formula is C25H26N4O2S. The lowest BCUT2D eigenvalue weighted by atomic mass is 10.1. The third-order valence-corrected chi connectivity index (χ3v) is 6.61. The van der Waals surface area contributed by atoms with Crippen molar-refractivity contribution in [1.29, 1.82) is 0 Å². The lowest BCUT2D eigenvalue weighted by Crippen LogP contribution is -2.28. The van der Waals surface area contributed by atoms with Gasteiger partial charge in [-0.3, -0.25) is 9.59 Å². The van der Waals surface area contributed by atoms with Crippen molar-refractivity contribution in [3.8, 4) is 0 Å². The van der Waals surface area contributed by atoms with Gasteiger partial charge in [0.05, 0.1) is 10.3 Å². The Balaban J connectivity index is 1.42. The lowest BCUT2D eigenvalue weighted by molar-refractivity contribution is 0.0957. The minimum absolute atomic E-state index is 0.156. The fourth-order valence-corrected chi connectivity index (χ4v) is 4.81. The highest BCUT2D eigenvalue weighted by Crippen LogP contribution is 2.27. The molecular weight excluding hydrogens is 420 g/mol. The normalized spacial score (nSPS) is 10.9. The topological polar surface area (TPSA) is 78.1 Å². The van der Waals surface area contributed by atoms with Crippen LogP contribution in [0.3, 0.4) is 0 Å². The number of thiophene rings is 1. The van der Waals surface area contributed by atoms with Gasteiger partial charge in [0.15, 0.2) is 0 Å². The van der Waals surface area contributed by atoms with Gasteiger partial charge < -0.3 is 15.2 Å². The molecule has 2 aromatic heterocycles. The molecule has 2 N–H and O–H groups in total. The molecule has 0 fully saturated rings. The molecule has 0 unspecified atom stereocenters. The highest BCUT2D eigenvalue weighted by atomic mass is 32.1. The Hall–Kier alpha value is -3.45. The van der Waals surface area contributed by atoms with E-state index in [2.05, 4.69) is 32.3 Å². The summed E-state index contributed by atoms with van der Waals surface area (Å²) in [5.74, 6) is 0.447. The zero-order valence-electron chi connectivity index (χ0n) is 18.2. The van der Waals surface area contributed by atoms with E-state index in [4.69, 9.17) is 0 Å². The number of aromatic amines is 1. The number of benzene rings is 2. The van der Waals surface area contributed by atoms with Crippen LogP contribution in [0.25, 0.3) is 10.2 Å². The Morgan fingerprint density at radius 2 is 1.78 bits per heavy atom. The first-order valence-electron chi connectivity index (χ1n) is 10.6. The van der Waals surface area contributed by atoms with Crippen molar-refractivity contribution in [3.05, 3.63) is 92.8 Å². The molecule has 0 aliphatic heterocycles. The van der Waals surface area contributed by atoms with Crippen LogP contribution in [-0.4, -0.2) is 36.0 Å². The Labute approximate surface area is 190 Å². The van der Waals surface area contributed by atoms with Crippen LogP contribution < -0.4 is 15.8 Å². The molecule has 7 heteroatoms. The summed E-state index contributed by atoms with van der Waals surface area (Å²) in [5, 5.41) is 3.49. The summed E-state index contributed by atoms with van der Waals surface area (Å²) >= 11 is 1.28. The van der Waals surface area contributed by atoms with E-state index >= 15 is 0 Å². The zero-order chi connectivity index (χ0) is 22.5. The van der Waals surface area contributed by atoms with Gasteiger partial charge in [0.1, 0.15) is 10.7 Å². The standard InChI is InChI=1S/C25H26N4O2S/c1-17-21-23(30)27-20(16-18-10-5-3-6-11-18)28-25(21)32-22(17)24(31)26-14-9-15-29(2)19-12-7-4-8-13-19/h3-8,10-13H,9,14-16H2,1-2H3,(H,26,31)(H,27,28,30). The van der Waals surface area contributed by atoms with E-state index < -0.39 is 0 Å². The van der Waals surface area contributed by atoms with Crippen LogP contribution in [0.4, 0.5) is 5.69 Å². The van der Waals surface area contributed by atoms with E-state index in [1.54, 1.807) is 0 Å². The molecule has 32 heavy (non-hydrogen) atoms. The SMILES string of the molecule is Cc1c(C(=O)NCCCN(C)c2ccccc2)sc2nc(Cc3ccccc3)[nH]c(=O)c12. The Morgan fingerprint density at radius 1 is 1.09 bits per heavy atom. The second-order valence-corrected chi connectivity index (χ2v) is 8.78. The summed E-state index contributed by atoms with van der Waals surface area (Å²) in [5.41, 5.74) is 2.71. The number of hydrogen-bond donors (Lipinski definition) is 2. The maximum atomic E-state index is 12.8. The molecule has 0 atom stereocenters. The largest absolute Gasteiger partial charge is 0.375 e. The van der Waals surface area contributed by atoms with Crippen LogP contribution in [0.15, 0.2) is 65.5 Å². The van der Waals surface area contributed by atoms with Crippen LogP contribution in [0.1, 0.15) is 33.0 Å². The molecule has 4 rings (SSSR count). The van der Waals surface area contributed by atoms with Gasteiger partial charge in [0.2, 0.25) is 0 Å². The maximum Gasteiger partial charge on any atom is 0.261 e. The second kappa shape index (κ2) is 9.78. The molecule has 0 saturated heterocycles. The zero-order valence-corrected chi connectivity index (χ0v) is 19.0. The maximum absolute atomic E-state index is 12.8. The van der Waals surface area contributed by atoms with Crippen molar-refractivity contribution in [2.75, 3.05) is 25.0 Å². The smallest absolute Gasteiger partial charge is 0.261 e. The summed E-state index contributed by atoms with van der Waals surface area (Å²) in [4.78, 5) is 36.3. The van der Waals surface area contributed by atoms with Crippen molar-refractivity contribution < 1.29 is 4.79 Å². The van der Waals surface area contributed by atoms with Crippen molar-refractivity contribution in [2.45, 2.75) is 19.8 Å². The molecule has 2 aromatic carbocycles. The third-order valence-electron chi connectivity index (χ3n) is 5.42. The van der Waals surface area contributed by atoms with E-state index in [1.165, 1.54) is 11.3 Å². The van der Waals surface area contributed by atoms with Crippen molar-refractivity contribution in [3.63, 3.8) is 0 Å². The summed E-state index contributed by atoms with van der Waals surface area (Å²) in [6.07, 6.45) is 1.36. The summed E-state index contributed by atoms with van der Waals surface area (Å²) < 4.78 is 0. The molecule has 0 aliphatic rings. The number of anilines is 1. The number of amides is 1. The van der Waals surface area contributed by atoms with E-state index in [-0.39, 0.29) is 11.5 Å². The monoisotopic (exact) mass is 446 g/mol. The number of carbonyl (C=O) groups excluding carboxylic acids is 1. The van der Waals surface area contributed by atoms with Gasteiger partial charge in [-0.05, 0) is 36.6 Å². The number of rotatable bonds is 8. The minimum Gasteiger partial charge on any atom is -0.375 e. The number of para-hydroxylation sites is 1. The predicted molar refractivity (Wildman–Crippen MR) is 131 cm³/mol. The van der Waals surface area contributed by atoms with Crippen LogP contribution in [-0.2, 0) is 6.42 Å². The first-order valence-corrected chi connectivity index (χ1v) is 11.4. The van der Waals surface area contributed by atoms with Gasteiger partial charge in [-0.1, -0.05) is 48.5 Å². The van der Waals surface area contributed by atoms with Gasteiger partial charge in [-0.15, -0.1) is 11.3 Å². The van der Waals surface area contributed by atoms with Crippen molar-refractivity contribution in [1.82, 2.24) is 15.3 Å². The van der Waals surface area contributed by atoms with E-state index in [0.717, 1.165) is 24.2 Å². The highest BCUT2D eigenvalue weighted by Gasteiger charge is 2.19. The van der Waals surface area contributed by atoms with E-state index in [0.29, 0.717) is 39.4 Å². The number of fused-ring (bicyclic) bond motifs is 1. The number of aromatic nitrogens is 2. The Bertz CT molecular complexity index is 1270.